The third-order valence-electron chi connectivity index (χ3n) is 5.44. The van der Waals surface area contributed by atoms with Crippen molar-refractivity contribution < 1.29 is 14.6 Å². The maximum atomic E-state index is 12.6. The summed E-state index contributed by atoms with van der Waals surface area (Å²) in [5, 5.41) is 9.69. The lowest BCUT2D eigenvalue weighted by Crippen LogP contribution is -2.45. The van der Waals surface area contributed by atoms with E-state index in [0.717, 1.165) is 57.4 Å². The minimum absolute atomic E-state index is 0.101. The quantitative estimate of drug-likeness (QED) is 0.914. The van der Waals surface area contributed by atoms with E-state index in [9.17, 15) is 9.90 Å². The number of hydrogen-bond donors (Lipinski definition) is 1. The van der Waals surface area contributed by atoms with Crippen LogP contribution in [-0.4, -0.2) is 42.2 Å². The molecule has 3 rings (SSSR count). The molecule has 2 aliphatic rings. The summed E-state index contributed by atoms with van der Waals surface area (Å²) < 4.78 is 5.20. The summed E-state index contributed by atoms with van der Waals surface area (Å²) in [4.78, 5) is 14.6. The zero-order valence-corrected chi connectivity index (χ0v) is 13.3. The Balaban J connectivity index is 1.62. The lowest BCUT2D eigenvalue weighted by Gasteiger charge is -2.45. The predicted octanol–water partition coefficient (Wildman–Crippen LogP) is 2.85. The van der Waals surface area contributed by atoms with Gasteiger partial charge in [0.1, 0.15) is 5.75 Å². The van der Waals surface area contributed by atoms with Crippen molar-refractivity contribution in [2.75, 3.05) is 20.2 Å². The minimum atomic E-state index is -0.109. The molecule has 4 heteroatoms. The van der Waals surface area contributed by atoms with Crippen LogP contribution in [0.3, 0.4) is 0 Å². The van der Waals surface area contributed by atoms with Gasteiger partial charge in [0.2, 0.25) is 0 Å². The molecule has 0 unspecified atom stereocenters. The number of benzene rings is 1. The van der Waals surface area contributed by atoms with E-state index >= 15 is 0 Å². The number of rotatable bonds is 2. The predicted molar refractivity (Wildman–Crippen MR) is 85.0 cm³/mol. The third kappa shape index (κ3) is 3.12. The van der Waals surface area contributed by atoms with Crippen molar-refractivity contribution in [3.8, 4) is 5.75 Å². The SMILES string of the molecule is COc1cccc(C(=O)N2CCC3(CCC(O)CC3)CC2)c1. The zero-order chi connectivity index (χ0) is 15.6. The minimum Gasteiger partial charge on any atom is -0.497 e. The van der Waals surface area contributed by atoms with Crippen LogP contribution in [0.5, 0.6) is 5.75 Å². The maximum Gasteiger partial charge on any atom is 0.253 e. The van der Waals surface area contributed by atoms with E-state index in [1.165, 1.54) is 0 Å². The van der Waals surface area contributed by atoms with Crippen LogP contribution in [0.1, 0.15) is 48.9 Å². The molecule has 1 saturated heterocycles. The van der Waals surface area contributed by atoms with Gasteiger partial charge >= 0.3 is 0 Å². The van der Waals surface area contributed by atoms with Gasteiger partial charge in [-0.2, -0.15) is 0 Å². The molecule has 1 aromatic rings. The first-order chi connectivity index (χ1) is 10.6. The Kier molecular flexibility index (Phi) is 4.39. The number of nitrogens with zero attached hydrogens (tertiary/aromatic N) is 1. The van der Waals surface area contributed by atoms with Gasteiger partial charge < -0.3 is 14.7 Å². The van der Waals surface area contributed by atoms with Crippen LogP contribution in [0, 0.1) is 5.41 Å². The highest BCUT2D eigenvalue weighted by Crippen LogP contribution is 2.44. The number of likely N-dealkylation sites (tertiary alicyclic amines) is 1. The molecule has 1 spiro atoms. The smallest absolute Gasteiger partial charge is 0.253 e. The molecule has 0 aromatic heterocycles. The molecular formula is C18H25NO3. The fourth-order valence-electron chi connectivity index (χ4n) is 3.84. The molecule has 1 aromatic carbocycles. The number of ether oxygens (including phenoxy) is 1. The van der Waals surface area contributed by atoms with Crippen molar-refractivity contribution in [1.29, 1.82) is 0 Å². The molecule has 22 heavy (non-hydrogen) atoms. The van der Waals surface area contributed by atoms with Crippen LogP contribution < -0.4 is 4.74 Å². The lowest BCUT2D eigenvalue weighted by atomic mass is 9.67. The summed E-state index contributed by atoms with van der Waals surface area (Å²) >= 11 is 0. The van der Waals surface area contributed by atoms with Crippen molar-refractivity contribution in [1.82, 2.24) is 4.90 Å². The molecule has 0 radical (unpaired) electrons. The molecular weight excluding hydrogens is 278 g/mol. The Morgan fingerprint density at radius 2 is 1.91 bits per heavy atom. The summed E-state index contributed by atoms with van der Waals surface area (Å²) in [6, 6.07) is 7.38. The average Bonchev–Trinajstić information content (AvgIpc) is 2.58. The molecule has 1 heterocycles. The fraction of sp³-hybridized carbons (Fsp3) is 0.611. The number of hydrogen-bond acceptors (Lipinski definition) is 3. The lowest BCUT2D eigenvalue weighted by molar-refractivity contribution is 0.0168. The van der Waals surface area contributed by atoms with E-state index in [0.29, 0.717) is 11.0 Å². The van der Waals surface area contributed by atoms with Gasteiger partial charge in [-0.25, -0.2) is 0 Å². The molecule has 1 aliphatic heterocycles. The van der Waals surface area contributed by atoms with Gasteiger partial charge in [-0.1, -0.05) is 6.07 Å². The number of carbonyl (C=O) groups excluding carboxylic acids is 1. The Hall–Kier alpha value is -1.55. The van der Waals surface area contributed by atoms with E-state index in [1.54, 1.807) is 7.11 Å². The van der Waals surface area contributed by atoms with Crippen molar-refractivity contribution in [3.05, 3.63) is 29.8 Å². The average molecular weight is 303 g/mol. The highest BCUT2D eigenvalue weighted by Gasteiger charge is 2.38. The number of aliphatic hydroxyl groups is 1. The Morgan fingerprint density at radius 3 is 2.55 bits per heavy atom. The van der Waals surface area contributed by atoms with Gasteiger partial charge in [0.25, 0.3) is 5.91 Å². The second kappa shape index (κ2) is 6.29. The molecule has 120 valence electrons. The molecule has 2 fully saturated rings. The van der Waals surface area contributed by atoms with Crippen LogP contribution in [0.2, 0.25) is 0 Å². The van der Waals surface area contributed by atoms with Crippen LogP contribution in [0.4, 0.5) is 0 Å². The molecule has 4 nitrogen and oxygen atoms in total. The summed E-state index contributed by atoms with van der Waals surface area (Å²) in [6.07, 6.45) is 6.07. The first-order valence-electron chi connectivity index (χ1n) is 8.23. The summed E-state index contributed by atoms with van der Waals surface area (Å²) in [5.41, 5.74) is 1.07. The molecule has 1 saturated carbocycles. The van der Waals surface area contributed by atoms with Crippen LogP contribution >= 0.6 is 0 Å². The molecule has 1 N–H and O–H groups in total. The van der Waals surface area contributed by atoms with Gasteiger partial charge in [-0.15, -0.1) is 0 Å². The number of piperidine rings is 1. The molecule has 1 aliphatic carbocycles. The van der Waals surface area contributed by atoms with Crippen molar-refractivity contribution in [2.24, 2.45) is 5.41 Å². The van der Waals surface area contributed by atoms with Crippen LogP contribution in [-0.2, 0) is 0 Å². The van der Waals surface area contributed by atoms with Crippen LogP contribution in [0.25, 0.3) is 0 Å². The Bertz CT molecular complexity index is 525. The summed E-state index contributed by atoms with van der Waals surface area (Å²) in [6.45, 7) is 1.65. The second-order valence-electron chi connectivity index (χ2n) is 6.76. The van der Waals surface area contributed by atoms with Gasteiger partial charge in [-0.3, -0.25) is 4.79 Å². The highest BCUT2D eigenvalue weighted by atomic mass is 16.5. The van der Waals surface area contributed by atoms with Crippen molar-refractivity contribution >= 4 is 5.91 Å². The Labute approximate surface area is 132 Å². The molecule has 0 atom stereocenters. The van der Waals surface area contributed by atoms with E-state index in [4.69, 9.17) is 4.74 Å². The first-order valence-corrected chi connectivity index (χ1v) is 8.23. The number of carbonyl (C=O) groups is 1. The normalized spacial score (nSPS) is 21.8. The molecule has 1 amide bonds. The van der Waals surface area contributed by atoms with E-state index in [-0.39, 0.29) is 12.0 Å². The largest absolute Gasteiger partial charge is 0.497 e. The van der Waals surface area contributed by atoms with E-state index < -0.39 is 0 Å². The summed E-state index contributed by atoms with van der Waals surface area (Å²) in [7, 11) is 1.62. The Morgan fingerprint density at radius 1 is 1.23 bits per heavy atom. The first kappa shape index (κ1) is 15.3. The van der Waals surface area contributed by atoms with Crippen molar-refractivity contribution in [2.45, 2.75) is 44.6 Å². The zero-order valence-electron chi connectivity index (χ0n) is 13.3. The van der Waals surface area contributed by atoms with Gasteiger partial charge in [0, 0.05) is 18.7 Å². The van der Waals surface area contributed by atoms with Gasteiger partial charge in [0.05, 0.1) is 13.2 Å². The monoisotopic (exact) mass is 303 g/mol. The fourth-order valence-corrected chi connectivity index (χ4v) is 3.84. The topological polar surface area (TPSA) is 49.8 Å². The number of aliphatic hydroxyl groups excluding tert-OH is 1. The molecule has 0 bridgehead atoms. The van der Waals surface area contributed by atoms with Crippen LogP contribution in [0.15, 0.2) is 24.3 Å². The highest BCUT2D eigenvalue weighted by molar-refractivity contribution is 5.94. The van der Waals surface area contributed by atoms with E-state index in [2.05, 4.69) is 0 Å². The second-order valence-corrected chi connectivity index (χ2v) is 6.76. The number of amides is 1. The standard InChI is InChI=1S/C18H25NO3/c1-22-16-4-2-3-14(13-16)17(21)19-11-9-18(10-12-19)7-5-15(20)6-8-18/h2-4,13,15,20H,5-12H2,1H3. The van der Waals surface area contributed by atoms with E-state index in [1.807, 2.05) is 29.2 Å². The summed E-state index contributed by atoms with van der Waals surface area (Å²) in [5.74, 6) is 0.824. The van der Waals surface area contributed by atoms with Crippen molar-refractivity contribution in [3.63, 3.8) is 0 Å². The van der Waals surface area contributed by atoms with Gasteiger partial charge in [0.15, 0.2) is 0 Å². The third-order valence-corrected chi connectivity index (χ3v) is 5.44. The number of methoxy groups -OCH3 is 1. The van der Waals surface area contributed by atoms with Gasteiger partial charge in [-0.05, 0) is 62.1 Å². The maximum absolute atomic E-state index is 12.6.